The van der Waals surface area contributed by atoms with Crippen LogP contribution in [0.1, 0.15) is 51.9 Å². The minimum atomic E-state index is -0.567. The zero-order valence-corrected chi connectivity index (χ0v) is 11.3. The van der Waals surface area contributed by atoms with Crippen LogP contribution in [0.25, 0.3) is 0 Å². The summed E-state index contributed by atoms with van der Waals surface area (Å²) >= 11 is 0. The molecule has 0 aromatic heterocycles. The molecule has 0 heterocycles. The van der Waals surface area contributed by atoms with Gasteiger partial charge in [-0.3, -0.25) is 4.79 Å². The van der Waals surface area contributed by atoms with Crippen LogP contribution in [0.2, 0.25) is 0 Å². The van der Waals surface area contributed by atoms with Crippen LogP contribution < -0.4 is 5.32 Å². The molecule has 0 spiro atoms. The van der Waals surface area contributed by atoms with E-state index in [9.17, 15) is 9.90 Å². The summed E-state index contributed by atoms with van der Waals surface area (Å²) in [6, 6.07) is 0.816. The molecule has 3 nitrogen and oxygen atoms in total. The van der Waals surface area contributed by atoms with Crippen molar-refractivity contribution in [3.05, 3.63) is 0 Å². The first-order chi connectivity index (χ1) is 8.66. The number of carboxylic acids is 1. The molecule has 0 saturated heterocycles. The van der Waals surface area contributed by atoms with E-state index in [1.807, 2.05) is 0 Å². The Morgan fingerprint density at radius 2 is 1.83 bits per heavy atom. The lowest BCUT2D eigenvalue weighted by Crippen LogP contribution is -2.51. The Bertz CT molecular complexity index is 330. The van der Waals surface area contributed by atoms with E-state index in [1.165, 1.54) is 32.1 Å². The second kappa shape index (κ2) is 4.84. The van der Waals surface area contributed by atoms with Crippen LogP contribution in [-0.4, -0.2) is 23.2 Å². The molecule has 0 aromatic carbocycles. The fraction of sp³-hybridized carbons (Fsp3) is 0.933. The van der Waals surface area contributed by atoms with Crippen molar-refractivity contribution in [3.8, 4) is 0 Å². The summed E-state index contributed by atoms with van der Waals surface area (Å²) in [5.41, 5.74) is 0. The van der Waals surface area contributed by atoms with Gasteiger partial charge in [0.2, 0.25) is 0 Å². The maximum atomic E-state index is 11.5. The molecule has 3 rings (SSSR count). The Morgan fingerprint density at radius 1 is 1.11 bits per heavy atom. The smallest absolute Gasteiger partial charge is 0.308 e. The Balaban J connectivity index is 1.69. The normalized spacial score (nSPS) is 47.4. The van der Waals surface area contributed by atoms with Gasteiger partial charge in [0.05, 0.1) is 5.92 Å². The van der Waals surface area contributed by atoms with Gasteiger partial charge in [-0.25, -0.2) is 0 Å². The van der Waals surface area contributed by atoms with E-state index in [1.54, 1.807) is 0 Å². The van der Waals surface area contributed by atoms with E-state index in [2.05, 4.69) is 12.2 Å². The minimum Gasteiger partial charge on any atom is -0.481 e. The quantitative estimate of drug-likeness (QED) is 0.810. The number of fused-ring (bicyclic) bond motifs is 2. The Kier molecular flexibility index (Phi) is 3.35. The third-order valence-electron chi connectivity index (χ3n) is 5.72. The average Bonchev–Trinajstić information content (AvgIpc) is 2.92. The van der Waals surface area contributed by atoms with Crippen LogP contribution in [0, 0.1) is 23.7 Å². The predicted molar refractivity (Wildman–Crippen MR) is 70.3 cm³/mol. The summed E-state index contributed by atoms with van der Waals surface area (Å²) in [5.74, 6) is 1.11. The maximum absolute atomic E-state index is 11.5. The van der Waals surface area contributed by atoms with Gasteiger partial charge in [0, 0.05) is 12.1 Å². The second-order valence-corrected chi connectivity index (χ2v) is 6.76. The highest BCUT2D eigenvalue weighted by molar-refractivity contribution is 5.72. The lowest BCUT2D eigenvalue weighted by Gasteiger charge is -2.37. The van der Waals surface area contributed by atoms with Crippen molar-refractivity contribution in [3.63, 3.8) is 0 Å². The van der Waals surface area contributed by atoms with Crippen molar-refractivity contribution < 1.29 is 9.90 Å². The van der Waals surface area contributed by atoms with E-state index in [0.717, 1.165) is 12.8 Å². The van der Waals surface area contributed by atoms with Crippen LogP contribution in [0.15, 0.2) is 0 Å². The lowest BCUT2D eigenvalue weighted by atomic mass is 9.81. The predicted octanol–water partition coefficient (Wildman–Crippen LogP) is 2.65. The second-order valence-electron chi connectivity index (χ2n) is 6.76. The molecule has 3 aliphatic carbocycles. The first-order valence-electron chi connectivity index (χ1n) is 7.65. The van der Waals surface area contributed by atoms with Gasteiger partial charge >= 0.3 is 5.97 Å². The minimum absolute atomic E-state index is 0.113. The number of carboxylic acid groups (broad SMARTS) is 1. The highest BCUT2D eigenvalue weighted by atomic mass is 16.4. The number of hydrogen-bond donors (Lipinski definition) is 2. The number of aliphatic carboxylic acids is 1. The van der Waals surface area contributed by atoms with Gasteiger partial charge in [-0.15, -0.1) is 0 Å². The van der Waals surface area contributed by atoms with E-state index in [-0.39, 0.29) is 12.0 Å². The van der Waals surface area contributed by atoms with Gasteiger partial charge in [0.25, 0.3) is 0 Å². The standard InChI is InChI=1S/C15H25NO2/c1-9-4-2-3-5-12(9)16-14-11-7-6-10(8-11)13(14)15(17)18/h9-14,16H,2-8H2,1H3,(H,17,18). The highest BCUT2D eigenvalue weighted by Gasteiger charge is 2.51. The van der Waals surface area contributed by atoms with Gasteiger partial charge in [-0.1, -0.05) is 19.8 Å². The first kappa shape index (κ1) is 12.5. The molecule has 2 bridgehead atoms. The van der Waals surface area contributed by atoms with Crippen molar-refractivity contribution in [2.75, 3.05) is 0 Å². The van der Waals surface area contributed by atoms with E-state index < -0.39 is 5.97 Å². The molecule has 3 fully saturated rings. The Hall–Kier alpha value is -0.570. The van der Waals surface area contributed by atoms with Crippen LogP contribution >= 0.6 is 0 Å². The van der Waals surface area contributed by atoms with Crippen molar-refractivity contribution >= 4 is 5.97 Å². The summed E-state index contributed by atoms with van der Waals surface area (Å²) < 4.78 is 0. The van der Waals surface area contributed by atoms with E-state index in [0.29, 0.717) is 23.8 Å². The Labute approximate surface area is 109 Å². The molecule has 6 atom stereocenters. The van der Waals surface area contributed by atoms with Gasteiger partial charge < -0.3 is 10.4 Å². The number of rotatable bonds is 3. The van der Waals surface area contributed by atoms with Crippen molar-refractivity contribution in [2.24, 2.45) is 23.7 Å². The molecule has 3 aliphatic rings. The average molecular weight is 251 g/mol. The summed E-state index contributed by atoms with van der Waals surface area (Å²) in [6.07, 6.45) is 8.72. The highest BCUT2D eigenvalue weighted by Crippen LogP contribution is 2.49. The molecule has 0 amide bonds. The van der Waals surface area contributed by atoms with E-state index in [4.69, 9.17) is 0 Å². The summed E-state index contributed by atoms with van der Waals surface area (Å²) in [7, 11) is 0. The van der Waals surface area contributed by atoms with E-state index >= 15 is 0 Å². The molecule has 3 heteroatoms. The van der Waals surface area contributed by atoms with Crippen LogP contribution in [0.4, 0.5) is 0 Å². The summed E-state index contributed by atoms with van der Waals surface area (Å²) in [4.78, 5) is 11.5. The molecule has 6 unspecified atom stereocenters. The third kappa shape index (κ3) is 2.07. The monoisotopic (exact) mass is 251 g/mol. The van der Waals surface area contributed by atoms with Crippen LogP contribution in [0.5, 0.6) is 0 Å². The summed E-state index contributed by atoms with van der Waals surface area (Å²) in [5, 5.41) is 13.2. The molecular weight excluding hydrogens is 226 g/mol. The Morgan fingerprint density at radius 3 is 2.56 bits per heavy atom. The SMILES string of the molecule is CC1CCCCC1NC1C2CCC(C2)C1C(=O)O. The topological polar surface area (TPSA) is 49.3 Å². The van der Waals surface area contributed by atoms with Gasteiger partial charge in [-0.05, 0) is 49.9 Å². The molecule has 102 valence electrons. The molecule has 0 aromatic rings. The molecule has 0 aliphatic heterocycles. The van der Waals surface area contributed by atoms with Crippen LogP contribution in [-0.2, 0) is 4.79 Å². The molecule has 0 radical (unpaired) electrons. The lowest BCUT2D eigenvalue weighted by molar-refractivity contribution is -0.144. The first-order valence-corrected chi connectivity index (χ1v) is 7.65. The largest absolute Gasteiger partial charge is 0.481 e. The van der Waals surface area contributed by atoms with Crippen molar-refractivity contribution in [1.82, 2.24) is 5.32 Å². The van der Waals surface area contributed by atoms with Gasteiger partial charge in [-0.2, -0.15) is 0 Å². The fourth-order valence-corrected chi connectivity index (χ4v) is 4.70. The van der Waals surface area contributed by atoms with Crippen molar-refractivity contribution in [2.45, 2.75) is 64.0 Å². The van der Waals surface area contributed by atoms with Crippen molar-refractivity contribution in [1.29, 1.82) is 0 Å². The third-order valence-corrected chi connectivity index (χ3v) is 5.72. The zero-order chi connectivity index (χ0) is 12.7. The number of hydrogen-bond acceptors (Lipinski definition) is 2. The molecule has 18 heavy (non-hydrogen) atoms. The number of nitrogens with one attached hydrogen (secondary N) is 1. The van der Waals surface area contributed by atoms with Crippen LogP contribution in [0.3, 0.4) is 0 Å². The molecule has 3 saturated carbocycles. The van der Waals surface area contributed by atoms with Gasteiger partial charge in [0.1, 0.15) is 0 Å². The number of carbonyl (C=O) groups is 1. The summed E-state index contributed by atoms with van der Waals surface area (Å²) in [6.45, 7) is 2.32. The zero-order valence-electron chi connectivity index (χ0n) is 11.3. The fourth-order valence-electron chi connectivity index (χ4n) is 4.70. The van der Waals surface area contributed by atoms with Gasteiger partial charge in [0.15, 0.2) is 0 Å². The maximum Gasteiger partial charge on any atom is 0.308 e. The molecular formula is C15H25NO2. The molecule has 2 N–H and O–H groups in total.